The highest BCUT2D eigenvalue weighted by atomic mass is 19.1. The number of nitrogens with zero attached hydrogens (tertiary/aromatic N) is 1. The molecule has 1 aliphatic carbocycles. The fraction of sp³-hybridized carbons (Fsp3) is 0.333. The summed E-state index contributed by atoms with van der Waals surface area (Å²) in [5, 5.41) is 9.04. The number of pyridine rings is 1. The van der Waals surface area contributed by atoms with Crippen molar-refractivity contribution in [3.05, 3.63) is 39.4 Å². The SMILES string of the molecule is CCn1cc(C(=O)O)c(=O)c2c(N)c(F)c([C@@H]3C[C@H]3N)cc21. The molecule has 6 nitrogen and oxygen atoms in total. The van der Waals surface area contributed by atoms with Crippen molar-refractivity contribution in [2.24, 2.45) is 5.73 Å². The van der Waals surface area contributed by atoms with E-state index in [1.807, 2.05) is 0 Å². The van der Waals surface area contributed by atoms with Crippen molar-refractivity contribution in [2.45, 2.75) is 31.8 Å². The van der Waals surface area contributed by atoms with E-state index >= 15 is 0 Å². The van der Waals surface area contributed by atoms with Crippen LogP contribution in [0.1, 0.15) is 35.2 Å². The first kappa shape index (κ1) is 14.5. The van der Waals surface area contributed by atoms with E-state index in [1.165, 1.54) is 6.20 Å². The standard InChI is InChI=1S/C15H16FN3O3/c1-2-19-5-8(15(21)22)14(20)11-10(19)4-7(6-3-9(6)17)12(16)13(11)18/h4-6,9H,2-3,17-18H2,1H3,(H,21,22)/t6-,9+/m0/s1. The van der Waals surface area contributed by atoms with Crippen molar-refractivity contribution < 1.29 is 14.3 Å². The Morgan fingerprint density at radius 2 is 2.18 bits per heavy atom. The molecule has 22 heavy (non-hydrogen) atoms. The molecule has 5 N–H and O–H groups in total. The maximum atomic E-state index is 14.5. The number of nitrogen functional groups attached to an aromatic ring is 1. The van der Waals surface area contributed by atoms with E-state index < -0.39 is 22.8 Å². The minimum Gasteiger partial charge on any atom is -0.477 e. The summed E-state index contributed by atoms with van der Waals surface area (Å²) in [5.74, 6) is -2.14. The molecular weight excluding hydrogens is 289 g/mol. The molecule has 1 aromatic carbocycles. The molecule has 0 saturated heterocycles. The van der Waals surface area contributed by atoms with Crippen molar-refractivity contribution >= 4 is 22.6 Å². The highest BCUT2D eigenvalue weighted by molar-refractivity contribution is 5.97. The highest BCUT2D eigenvalue weighted by Crippen LogP contribution is 2.42. The van der Waals surface area contributed by atoms with E-state index in [9.17, 15) is 14.0 Å². The van der Waals surface area contributed by atoms with Crippen LogP contribution in [0, 0.1) is 5.82 Å². The molecule has 1 aromatic heterocycles. The monoisotopic (exact) mass is 305 g/mol. The van der Waals surface area contributed by atoms with Crippen LogP contribution in [0.15, 0.2) is 17.1 Å². The minimum absolute atomic E-state index is 0.0859. The lowest BCUT2D eigenvalue weighted by molar-refractivity contribution is 0.0695. The topological polar surface area (TPSA) is 111 Å². The predicted molar refractivity (Wildman–Crippen MR) is 80.5 cm³/mol. The van der Waals surface area contributed by atoms with Crippen LogP contribution < -0.4 is 16.9 Å². The third-order valence-corrected chi connectivity index (χ3v) is 4.18. The molecule has 0 spiro atoms. The zero-order valence-electron chi connectivity index (χ0n) is 12.0. The molecule has 7 heteroatoms. The molecule has 1 fully saturated rings. The van der Waals surface area contributed by atoms with Crippen molar-refractivity contribution in [2.75, 3.05) is 5.73 Å². The minimum atomic E-state index is -1.36. The van der Waals surface area contributed by atoms with Crippen LogP contribution in [0.3, 0.4) is 0 Å². The van der Waals surface area contributed by atoms with Gasteiger partial charge in [0.05, 0.1) is 16.6 Å². The summed E-state index contributed by atoms with van der Waals surface area (Å²) in [6, 6.07) is 1.46. The first-order valence-electron chi connectivity index (χ1n) is 7.00. The number of aromatic nitrogens is 1. The Bertz CT molecular complexity index is 859. The molecular formula is C15H16FN3O3. The van der Waals surface area contributed by atoms with Crippen molar-refractivity contribution in [3.63, 3.8) is 0 Å². The van der Waals surface area contributed by atoms with Crippen LogP contribution in [-0.4, -0.2) is 21.7 Å². The summed E-state index contributed by atoms with van der Waals surface area (Å²) in [5.41, 5.74) is 10.9. The number of carboxylic acid groups (broad SMARTS) is 1. The van der Waals surface area contributed by atoms with E-state index in [0.717, 1.165) is 0 Å². The second kappa shape index (κ2) is 4.81. The number of rotatable bonds is 3. The molecule has 1 aliphatic rings. The van der Waals surface area contributed by atoms with E-state index in [2.05, 4.69) is 0 Å². The Labute approximate surface area is 125 Å². The van der Waals surface area contributed by atoms with E-state index in [4.69, 9.17) is 16.6 Å². The summed E-state index contributed by atoms with van der Waals surface area (Å²) in [6.07, 6.45) is 1.94. The lowest BCUT2D eigenvalue weighted by Gasteiger charge is -2.14. The predicted octanol–water partition coefficient (Wildman–Crippen LogP) is 1.26. The summed E-state index contributed by atoms with van der Waals surface area (Å²) < 4.78 is 16.1. The first-order valence-corrected chi connectivity index (χ1v) is 7.00. The van der Waals surface area contributed by atoms with Crippen molar-refractivity contribution in [1.82, 2.24) is 4.57 Å². The number of fused-ring (bicyclic) bond motifs is 1. The third kappa shape index (κ3) is 1.97. The number of aromatic carboxylic acids is 1. The maximum absolute atomic E-state index is 14.5. The number of carbonyl (C=O) groups is 1. The van der Waals surface area contributed by atoms with Gasteiger partial charge >= 0.3 is 5.97 Å². The van der Waals surface area contributed by atoms with Gasteiger partial charge in [-0.05, 0) is 25.0 Å². The molecule has 3 rings (SSSR count). The van der Waals surface area contributed by atoms with Crippen molar-refractivity contribution in [1.29, 1.82) is 0 Å². The van der Waals surface area contributed by atoms with Gasteiger partial charge < -0.3 is 21.1 Å². The summed E-state index contributed by atoms with van der Waals surface area (Å²) in [4.78, 5) is 23.5. The van der Waals surface area contributed by atoms with Crippen LogP contribution in [0.2, 0.25) is 0 Å². The van der Waals surface area contributed by atoms with Gasteiger partial charge in [0.15, 0.2) is 5.82 Å². The van der Waals surface area contributed by atoms with Gasteiger partial charge in [-0.2, -0.15) is 0 Å². The number of nitrogens with two attached hydrogens (primary N) is 2. The first-order chi connectivity index (χ1) is 10.4. The Kier molecular flexibility index (Phi) is 3.17. The van der Waals surface area contributed by atoms with Crippen LogP contribution in [-0.2, 0) is 6.54 Å². The summed E-state index contributed by atoms with van der Waals surface area (Å²) in [7, 11) is 0. The van der Waals surface area contributed by atoms with Crippen LogP contribution in [0.4, 0.5) is 10.1 Å². The van der Waals surface area contributed by atoms with Gasteiger partial charge in [-0.15, -0.1) is 0 Å². The molecule has 1 heterocycles. The number of carboxylic acids is 1. The summed E-state index contributed by atoms with van der Waals surface area (Å²) >= 11 is 0. The molecule has 1 saturated carbocycles. The van der Waals surface area contributed by atoms with E-state index in [0.29, 0.717) is 24.0 Å². The number of hydrogen-bond donors (Lipinski definition) is 3. The zero-order chi connectivity index (χ0) is 16.2. The van der Waals surface area contributed by atoms with Crippen molar-refractivity contribution in [3.8, 4) is 0 Å². The fourth-order valence-corrected chi connectivity index (χ4v) is 2.83. The quantitative estimate of drug-likeness (QED) is 0.739. The average Bonchev–Trinajstić information content (AvgIpc) is 3.19. The van der Waals surface area contributed by atoms with Crippen LogP contribution in [0.25, 0.3) is 10.9 Å². The fourth-order valence-electron chi connectivity index (χ4n) is 2.83. The van der Waals surface area contributed by atoms with Gasteiger partial charge in [0.2, 0.25) is 5.43 Å². The average molecular weight is 305 g/mol. The number of hydrogen-bond acceptors (Lipinski definition) is 4. The molecule has 0 aliphatic heterocycles. The molecule has 2 atom stereocenters. The molecule has 0 radical (unpaired) electrons. The summed E-state index contributed by atoms with van der Waals surface area (Å²) in [6.45, 7) is 2.23. The van der Waals surface area contributed by atoms with Gasteiger partial charge in [0.25, 0.3) is 0 Å². The number of aryl methyl sites for hydroxylation is 1. The maximum Gasteiger partial charge on any atom is 0.341 e. The molecule has 0 unspecified atom stereocenters. The molecule has 116 valence electrons. The largest absolute Gasteiger partial charge is 0.477 e. The normalized spacial score (nSPS) is 20.3. The number of benzene rings is 1. The molecule has 0 bridgehead atoms. The lowest BCUT2D eigenvalue weighted by Crippen LogP contribution is -2.20. The second-order valence-electron chi connectivity index (χ2n) is 5.56. The van der Waals surface area contributed by atoms with Crippen LogP contribution >= 0.6 is 0 Å². The second-order valence-corrected chi connectivity index (χ2v) is 5.56. The molecule has 2 aromatic rings. The molecule has 0 amide bonds. The number of anilines is 1. The van der Waals surface area contributed by atoms with Gasteiger partial charge in [0, 0.05) is 24.7 Å². The van der Waals surface area contributed by atoms with Gasteiger partial charge in [0.1, 0.15) is 5.56 Å². The Hall–Kier alpha value is -2.41. The van der Waals surface area contributed by atoms with Gasteiger partial charge in [-0.3, -0.25) is 4.79 Å². The highest BCUT2D eigenvalue weighted by Gasteiger charge is 2.38. The third-order valence-electron chi connectivity index (χ3n) is 4.18. The Morgan fingerprint density at radius 1 is 1.55 bits per heavy atom. The van der Waals surface area contributed by atoms with Crippen LogP contribution in [0.5, 0.6) is 0 Å². The Morgan fingerprint density at radius 3 is 2.68 bits per heavy atom. The Balaban J connectivity index is 2.42. The lowest BCUT2D eigenvalue weighted by atomic mass is 10.0. The zero-order valence-corrected chi connectivity index (χ0v) is 12.0. The van der Waals surface area contributed by atoms with Gasteiger partial charge in [-0.25, -0.2) is 9.18 Å². The van der Waals surface area contributed by atoms with E-state index in [1.54, 1.807) is 17.6 Å². The van der Waals surface area contributed by atoms with E-state index in [-0.39, 0.29) is 23.0 Å². The smallest absolute Gasteiger partial charge is 0.341 e. The van der Waals surface area contributed by atoms with Gasteiger partial charge in [-0.1, -0.05) is 0 Å². The number of halogens is 1.